The number of ether oxygens (including phenoxy) is 3. The number of amides is 1. The normalized spacial score (nSPS) is 13.9. The van der Waals surface area contributed by atoms with Crippen LogP contribution in [-0.4, -0.2) is 26.1 Å². The summed E-state index contributed by atoms with van der Waals surface area (Å²) >= 11 is 11.9. The third-order valence-corrected chi connectivity index (χ3v) is 2.93. The predicted molar refractivity (Wildman–Crippen MR) is 72.3 cm³/mol. The SMILES string of the molecule is COCO[C@@H](c1ccc(Cl)cc1Cl)[C@H](C)OC(N)=O. The number of methoxy groups -OCH3 is 1. The summed E-state index contributed by atoms with van der Waals surface area (Å²) in [7, 11) is 1.49. The quantitative estimate of drug-likeness (QED) is 0.820. The minimum atomic E-state index is -0.886. The van der Waals surface area contributed by atoms with E-state index in [9.17, 15) is 4.79 Å². The van der Waals surface area contributed by atoms with Crippen LogP contribution in [0.4, 0.5) is 4.79 Å². The molecule has 0 bridgehead atoms. The summed E-state index contributed by atoms with van der Waals surface area (Å²) in [6.07, 6.45) is -2.10. The molecule has 0 aliphatic carbocycles. The van der Waals surface area contributed by atoms with Crippen LogP contribution in [0, 0.1) is 0 Å². The molecular weight excluding hydrogens is 293 g/mol. The van der Waals surface area contributed by atoms with E-state index in [1.54, 1.807) is 25.1 Å². The average Bonchev–Trinajstić information content (AvgIpc) is 2.31. The van der Waals surface area contributed by atoms with Gasteiger partial charge in [-0.15, -0.1) is 0 Å². The van der Waals surface area contributed by atoms with E-state index in [1.807, 2.05) is 0 Å². The standard InChI is InChI=1S/C12H15Cl2NO4/c1-7(19-12(15)16)11(18-6-17-2)9-4-3-8(13)5-10(9)14/h3-5,7,11H,6H2,1-2H3,(H2,15,16)/t7-,11+/m0/s1. The number of carbonyl (C=O) groups excluding carboxylic acids is 1. The van der Waals surface area contributed by atoms with Crippen molar-refractivity contribution in [2.75, 3.05) is 13.9 Å². The maximum absolute atomic E-state index is 10.8. The molecule has 0 saturated heterocycles. The zero-order valence-electron chi connectivity index (χ0n) is 10.6. The first-order valence-electron chi connectivity index (χ1n) is 5.47. The molecule has 1 aromatic carbocycles. The molecule has 1 rings (SSSR count). The van der Waals surface area contributed by atoms with Gasteiger partial charge in [0.05, 0.1) is 0 Å². The largest absolute Gasteiger partial charge is 0.444 e. The monoisotopic (exact) mass is 307 g/mol. The summed E-state index contributed by atoms with van der Waals surface area (Å²) in [4.78, 5) is 10.8. The lowest BCUT2D eigenvalue weighted by molar-refractivity contribution is -0.111. The van der Waals surface area contributed by atoms with Gasteiger partial charge in [-0.3, -0.25) is 0 Å². The van der Waals surface area contributed by atoms with Gasteiger partial charge in [0.1, 0.15) is 19.0 Å². The first-order valence-corrected chi connectivity index (χ1v) is 6.23. The molecule has 7 heteroatoms. The molecule has 19 heavy (non-hydrogen) atoms. The van der Waals surface area contributed by atoms with Gasteiger partial charge in [0, 0.05) is 22.7 Å². The van der Waals surface area contributed by atoms with Gasteiger partial charge in [0.2, 0.25) is 0 Å². The summed E-state index contributed by atoms with van der Waals surface area (Å²) < 4.78 is 15.2. The maximum atomic E-state index is 10.8. The Hall–Kier alpha value is -1.01. The zero-order chi connectivity index (χ0) is 14.4. The minimum Gasteiger partial charge on any atom is -0.444 e. The summed E-state index contributed by atoms with van der Waals surface area (Å²) in [5.74, 6) is 0. The second kappa shape index (κ2) is 7.55. The van der Waals surface area contributed by atoms with Crippen LogP contribution in [0.25, 0.3) is 0 Å². The lowest BCUT2D eigenvalue weighted by Gasteiger charge is -2.24. The van der Waals surface area contributed by atoms with Crippen molar-refractivity contribution < 1.29 is 19.0 Å². The summed E-state index contributed by atoms with van der Waals surface area (Å²) in [6, 6.07) is 4.95. The van der Waals surface area contributed by atoms with E-state index >= 15 is 0 Å². The summed E-state index contributed by atoms with van der Waals surface area (Å²) in [5.41, 5.74) is 5.63. The van der Waals surface area contributed by atoms with Crippen LogP contribution in [0.3, 0.4) is 0 Å². The molecule has 2 atom stereocenters. The topological polar surface area (TPSA) is 70.8 Å². The van der Waals surface area contributed by atoms with Crippen molar-refractivity contribution in [1.29, 1.82) is 0 Å². The van der Waals surface area contributed by atoms with Crippen molar-refractivity contribution in [2.24, 2.45) is 5.73 Å². The molecule has 2 N–H and O–H groups in total. The Labute approximate surface area is 121 Å². The number of hydrogen-bond donors (Lipinski definition) is 1. The molecule has 0 aromatic heterocycles. The molecule has 5 nitrogen and oxygen atoms in total. The third kappa shape index (κ3) is 4.87. The number of primary amides is 1. The van der Waals surface area contributed by atoms with E-state index in [1.165, 1.54) is 7.11 Å². The van der Waals surface area contributed by atoms with Gasteiger partial charge in [0.15, 0.2) is 0 Å². The molecular formula is C12H15Cl2NO4. The molecule has 1 aromatic rings. The molecule has 106 valence electrons. The van der Waals surface area contributed by atoms with Crippen LogP contribution in [0.1, 0.15) is 18.6 Å². The first-order chi connectivity index (χ1) is 8.95. The van der Waals surface area contributed by atoms with Gasteiger partial charge in [-0.05, 0) is 19.1 Å². The molecule has 0 unspecified atom stereocenters. The van der Waals surface area contributed by atoms with Gasteiger partial charge in [-0.1, -0.05) is 29.3 Å². The molecule has 0 spiro atoms. The first kappa shape index (κ1) is 16.0. The predicted octanol–water partition coefficient (Wildman–Crippen LogP) is 3.14. The summed E-state index contributed by atoms with van der Waals surface area (Å²) in [6.45, 7) is 1.67. The van der Waals surface area contributed by atoms with E-state index in [4.69, 9.17) is 43.1 Å². The number of halogens is 2. The fourth-order valence-electron chi connectivity index (χ4n) is 1.60. The van der Waals surface area contributed by atoms with E-state index in [0.29, 0.717) is 15.6 Å². The van der Waals surface area contributed by atoms with Gasteiger partial charge in [0.25, 0.3) is 0 Å². The molecule has 0 radical (unpaired) electrons. The van der Waals surface area contributed by atoms with Crippen LogP contribution >= 0.6 is 23.2 Å². The number of nitrogens with two attached hydrogens (primary N) is 1. The Kier molecular flexibility index (Phi) is 6.37. The Morgan fingerprint density at radius 2 is 2.11 bits per heavy atom. The maximum Gasteiger partial charge on any atom is 0.404 e. The molecule has 0 saturated carbocycles. The highest BCUT2D eigenvalue weighted by Crippen LogP contribution is 2.31. The second-order valence-electron chi connectivity index (χ2n) is 3.80. The average molecular weight is 308 g/mol. The van der Waals surface area contributed by atoms with Crippen LogP contribution in [0.2, 0.25) is 10.0 Å². The van der Waals surface area contributed by atoms with Gasteiger partial charge in [-0.25, -0.2) is 4.79 Å². The lowest BCUT2D eigenvalue weighted by Crippen LogP contribution is -2.28. The van der Waals surface area contributed by atoms with Crippen LogP contribution in [0.5, 0.6) is 0 Å². The van der Waals surface area contributed by atoms with E-state index in [2.05, 4.69) is 0 Å². The Balaban J connectivity index is 2.97. The second-order valence-corrected chi connectivity index (χ2v) is 4.65. The van der Waals surface area contributed by atoms with E-state index in [0.717, 1.165) is 0 Å². The highest BCUT2D eigenvalue weighted by atomic mass is 35.5. The molecule has 0 heterocycles. The van der Waals surface area contributed by atoms with E-state index in [-0.39, 0.29) is 6.79 Å². The van der Waals surface area contributed by atoms with Crippen molar-refractivity contribution in [3.63, 3.8) is 0 Å². The zero-order valence-corrected chi connectivity index (χ0v) is 12.1. The fraction of sp³-hybridized carbons (Fsp3) is 0.417. The fourth-order valence-corrected chi connectivity index (χ4v) is 2.11. The number of benzene rings is 1. The molecule has 0 aliphatic heterocycles. The van der Waals surface area contributed by atoms with Crippen molar-refractivity contribution in [3.05, 3.63) is 33.8 Å². The minimum absolute atomic E-state index is 0.0239. The third-order valence-electron chi connectivity index (χ3n) is 2.36. The highest BCUT2D eigenvalue weighted by Gasteiger charge is 2.25. The summed E-state index contributed by atoms with van der Waals surface area (Å²) in [5, 5.41) is 0.913. The molecule has 1 amide bonds. The van der Waals surface area contributed by atoms with Crippen LogP contribution < -0.4 is 5.73 Å². The lowest BCUT2D eigenvalue weighted by atomic mass is 10.1. The number of rotatable bonds is 6. The van der Waals surface area contributed by atoms with Crippen molar-refractivity contribution in [1.82, 2.24) is 0 Å². The van der Waals surface area contributed by atoms with Gasteiger partial charge in [-0.2, -0.15) is 0 Å². The van der Waals surface area contributed by atoms with Crippen molar-refractivity contribution in [3.8, 4) is 0 Å². The smallest absolute Gasteiger partial charge is 0.404 e. The van der Waals surface area contributed by atoms with Crippen LogP contribution in [-0.2, 0) is 14.2 Å². The molecule has 0 fully saturated rings. The van der Waals surface area contributed by atoms with Crippen molar-refractivity contribution >= 4 is 29.3 Å². The highest BCUT2D eigenvalue weighted by molar-refractivity contribution is 6.35. The van der Waals surface area contributed by atoms with Crippen LogP contribution in [0.15, 0.2) is 18.2 Å². The Bertz CT molecular complexity index is 442. The molecule has 0 aliphatic rings. The van der Waals surface area contributed by atoms with Gasteiger partial charge < -0.3 is 19.9 Å². The Morgan fingerprint density at radius 1 is 1.42 bits per heavy atom. The number of hydrogen-bond acceptors (Lipinski definition) is 4. The van der Waals surface area contributed by atoms with Crippen molar-refractivity contribution in [2.45, 2.75) is 19.1 Å². The van der Waals surface area contributed by atoms with E-state index < -0.39 is 18.3 Å². The Morgan fingerprint density at radius 3 is 2.63 bits per heavy atom. The number of carbonyl (C=O) groups is 1. The van der Waals surface area contributed by atoms with Gasteiger partial charge >= 0.3 is 6.09 Å².